The maximum absolute atomic E-state index is 11.8. The van der Waals surface area contributed by atoms with E-state index in [9.17, 15) is 9.59 Å². The molecule has 0 bridgehead atoms. The molecule has 0 spiro atoms. The van der Waals surface area contributed by atoms with Crippen molar-refractivity contribution < 1.29 is 13.9 Å². The number of hydrogen-bond acceptors (Lipinski definition) is 6. The fourth-order valence-electron chi connectivity index (χ4n) is 2.74. The molecule has 0 amide bonds. The van der Waals surface area contributed by atoms with Gasteiger partial charge in [0.25, 0.3) is 0 Å². The summed E-state index contributed by atoms with van der Waals surface area (Å²) in [5.41, 5.74) is 0.382. The van der Waals surface area contributed by atoms with Crippen LogP contribution < -0.4 is 5.63 Å². The summed E-state index contributed by atoms with van der Waals surface area (Å²) in [7, 11) is 0. The zero-order chi connectivity index (χ0) is 19.5. The molecule has 6 heteroatoms. The summed E-state index contributed by atoms with van der Waals surface area (Å²) in [6.07, 6.45) is 9.18. The Morgan fingerprint density at radius 3 is 2.56 bits per heavy atom. The summed E-state index contributed by atoms with van der Waals surface area (Å²) >= 11 is 3.37. The molecular formula is C21H28O4S2. The molecule has 1 aromatic heterocycles. The third-order valence-corrected chi connectivity index (χ3v) is 6.13. The molecule has 0 N–H and O–H groups in total. The first kappa shape index (κ1) is 21.9. The zero-order valence-corrected chi connectivity index (χ0v) is 17.8. The average molecular weight is 409 g/mol. The molecule has 0 radical (unpaired) electrons. The van der Waals surface area contributed by atoms with Gasteiger partial charge in [0.05, 0.1) is 6.61 Å². The third-order valence-electron chi connectivity index (χ3n) is 4.26. The Balaban J connectivity index is 1.67. The van der Waals surface area contributed by atoms with Crippen molar-refractivity contribution in [3.8, 4) is 0 Å². The minimum absolute atomic E-state index is 0.112. The van der Waals surface area contributed by atoms with Gasteiger partial charge in [-0.25, -0.2) is 4.79 Å². The van der Waals surface area contributed by atoms with Gasteiger partial charge in [0.2, 0.25) is 0 Å². The molecule has 148 valence electrons. The number of rotatable bonds is 12. The van der Waals surface area contributed by atoms with E-state index in [0.717, 1.165) is 40.2 Å². The number of esters is 1. The normalized spacial score (nSPS) is 11.0. The fraction of sp³-hybridized carbons (Fsp3) is 0.524. The molecule has 0 unspecified atom stereocenters. The highest BCUT2D eigenvalue weighted by molar-refractivity contribution is 7.99. The molecule has 0 aliphatic rings. The molecule has 0 aliphatic heterocycles. The standard InChI is InChI=1S/C21H28O4S2/c1-3-20(22)24-12-8-6-4-5-7-9-13-27-19-15-21(23)25-18-14-16(26-2)10-11-17(18)19/h10-11,14-15H,3-9,12-13H2,1-2H3. The predicted molar refractivity (Wildman–Crippen MR) is 114 cm³/mol. The largest absolute Gasteiger partial charge is 0.466 e. The van der Waals surface area contributed by atoms with Crippen LogP contribution in [0.2, 0.25) is 0 Å². The van der Waals surface area contributed by atoms with Gasteiger partial charge in [0.1, 0.15) is 5.58 Å². The van der Waals surface area contributed by atoms with E-state index in [1.54, 1.807) is 29.6 Å². The van der Waals surface area contributed by atoms with E-state index in [1.807, 2.05) is 25.3 Å². The molecule has 0 atom stereocenters. The van der Waals surface area contributed by atoms with Gasteiger partial charge in [0, 0.05) is 27.7 Å². The topological polar surface area (TPSA) is 56.5 Å². The molecule has 0 fully saturated rings. The summed E-state index contributed by atoms with van der Waals surface area (Å²) in [4.78, 5) is 24.9. The first-order valence-corrected chi connectivity index (χ1v) is 11.8. The van der Waals surface area contributed by atoms with Crippen molar-refractivity contribution in [2.75, 3.05) is 18.6 Å². The van der Waals surface area contributed by atoms with Crippen molar-refractivity contribution in [1.29, 1.82) is 0 Å². The van der Waals surface area contributed by atoms with Gasteiger partial charge in [-0.1, -0.05) is 32.6 Å². The fourth-order valence-corrected chi connectivity index (χ4v) is 4.24. The molecule has 2 rings (SSSR count). The van der Waals surface area contributed by atoms with Crippen molar-refractivity contribution in [2.24, 2.45) is 0 Å². The Hall–Kier alpha value is -1.40. The maximum Gasteiger partial charge on any atom is 0.337 e. The lowest BCUT2D eigenvalue weighted by Gasteiger charge is -2.06. The van der Waals surface area contributed by atoms with E-state index in [0.29, 0.717) is 18.6 Å². The van der Waals surface area contributed by atoms with Crippen molar-refractivity contribution in [2.45, 2.75) is 61.7 Å². The predicted octanol–water partition coefficient (Wildman–Crippen LogP) is 5.90. The summed E-state index contributed by atoms with van der Waals surface area (Å²) in [5.74, 6) is 0.885. The second kappa shape index (κ2) is 12.1. The highest BCUT2D eigenvalue weighted by Gasteiger charge is 2.07. The number of hydrogen-bond donors (Lipinski definition) is 0. The molecular weight excluding hydrogens is 380 g/mol. The molecule has 2 aromatic rings. The summed E-state index contributed by atoms with van der Waals surface area (Å²) in [5, 5.41) is 1.01. The number of thioether (sulfide) groups is 2. The van der Waals surface area contributed by atoms with Crippen molar-refractivity contribution in [3.05, 3.63) is 34.7 Å². The number of fused-ring (bicyclic) bond motifs is 1. The van der Waals surface area contributed by atoms with Crippen LogP contribution in [-0.2, 0) is 9.53 Å². The summed E-state index contributed by atoms with van der Waals surface area (Å²) in [6.45, 7) is 2.36. The van der Waals surface area contributed by atoms with Crippen LogP contribution in [0, 0.1) is 0 Å². The number of unbranched alkanes of at least 4 members (excludes halogenated alkanes) is 5. The SMILES string of the molecule is CCC(=O)OCCCCCCCCSc1cc(=O)oc2cc(SC)ccc12. The van der Waals surface area contributed by atoms with Crippen LogP contribution in [0.1, 0.15) is 51.9 Å². The Bertz CT molecular complexity index is 785. The van der Waals surface area contributed by atoms with E-state index in [-0.39, 0.29) is 11.6 Å². The van der Waals surface area contributed by atoms with E-state index in [2.05, 4.69) is 6.07 Å². The van der Waals surface area contributed by atoms with Crippen LogP contribution in [0.15, 0.2) is 43.3 Å². The lowest BCUT2D eigenvalue weighted by molar-refractivity contribution is -0.143. The Morgan fingerprint density at radius 2 is 1.81 bits per heavy atom. The van der Waals surface area contributed by atoms with E-state index >= 15 is 0 Å². The third kappa shape index (κ3) is 7.62. The highest BCUT2D eigenvalue weighted by Crippen LogP contribution is 2.29. The van der Waals surface area contributed by atoms with Gasteiger partial charge in [-0.2, -0.15) is 0 Å². The molecule has 1 heterocycles. The first-order chi connectivity index (χ1) is 13.1. The zero-order valence-electron chi connectivity index (χ0n) is 16.1. The molecule has 0 aliphatic carbocycles. The Labute approximate surface area is 169 Å². The van der Waals surface area contributed by atoms with Gasteiger partial charge >= 0.3 is 11.6 Å². The second-order valence-electron chi connectivity index (χ2n) is 6.34. The van der Waals surface area contributed by atoms with Gasteiger partial charge in [0.15, 0.2) is 0 Å². The van der Waals surface area contributed by atoms with Crippen molar-refractivity contribution in [3.63, 3.8) is 0 Å². The van der Waals surface area contributed by atoms with Crippen molar-refractivity contribution >= 4 is 40.5 Å². The summed E-state index contributed by atoms with van der Waals surface area (Å²) < 4.78 is 10.4. The van der Waals surface area contributed by atoms with E-state index < -0.39 is 0 Å². The van der Waals surface area contributed by atoms with Gasteiger partial charge < -0.3 is 9.15 Å². The van der Waals surface area contributed by atoms with Crippen molar-refractivity contribution in [1.82, 2.24) is 0 Å². The van der Waals surface area contributed by atoms with E-state index in [4.69, 9.17) is 9.15 Å². The Morgan fingerprint density at radius 1 is 1.07 bits per heavy atom. The van der Waals surface area contributed by atoms with Gasteiger partial charge in [-0.15, -0.1) is 23.5 Å². The first-order valence-electron chi connectivity index (χ1n) is 9.54. The van der Waals surface area contributed by atoms with Crippen LogP contribution in [0.5, 0.6) is 0 Å². The molecule has 27 heavy (non-hydrogen) atoms. The monoisotopic (exact) mass is 408 g/mol. The molecule has 0 saturated heterocycles. The highest BCUT2D eigenvalue weighted by atomic mass is 32.2. The lowest BCUT2D eigenvalue weighted by atomic mass is 10.1. The van der Waals surface area contributed by atoms with Crippen LogP contribution in [-0.4, -0.2) is 24.6 Å². The van der Waals surface area contributed by atoms with Crippen LogP contribution in [0.25, 0.3) is 11.0 Å². The van der Waals surface area contributed by atoms with E-state index in [1.165, 1.54) is 19.3 Å². The number of benzene rings is 1. The summed E-state index contributed by atoms with van der Waals surface area (Å²) in [6, 6.07) is 7.64. The molecule has 0 saturated carbocycles. The minimum Gasteiger partial charge on any atom is -0.466 e. The number of ether oxygens (including phenoxy) is 1. The number of carbonyl (C=O) groups is 1. The van der Waals surface area contributed by atoms with Crippen LogP contribution >= 0.6 is 23.5 Å². The quantitative estimate of drug-likeness (QED) is 0.189. The van der Waals surface area contributed by atoms with Gasteiger partial charge in [-0.05, 0) is 43.0 Å². The van der Waals surface area contributed by atoms with Crippen LogP contribution in [0.4, 0.5) is 0 Å². The average Bonchev–Trinajstić information content (AvgIpc) is 2.68. The maximum atomic E-state index is 11.8. The lowest BCUT2D eigenvalue weighted by Crippen LogP contribution is -2.03. The smallest absolute Gasteiger partial charge is 0.337 e. The minimum atomic E-state index is -0.285. The Kier molecular flexibility index (Phi) is 9.84. The van der Waals surface area contributed by atoms with Crippen LogP contribution in [0.3, 0.4) is 0 Å². The molecule has 4 nitrogen and oxygen atoms in total. The van der Waals surface area contributed by atoms with Gasteiger partial charge in [-0.3, -0.25) is 4.79 Å². The molecule has 1 aromatic carbocycles. The second-order valence-corrected chi connectivity index (χ2v) is 8.35. The number of carbonyl (C=O) groups excluding carboxylic acids is 1.